The van der Waals surface area contributed by atoms with Crippen molar-refractivity contribution in [3.05, 3.63) is 54.2 Å². The molecule has 2 aromatic carbocycles. The summed E-state index contributed by atoms with van der Waals surface area (Å²) in [4.78, 5) is 31.7. The van der Waals surface area contributed by atoms with Crippen LogP contribution in [0.4, 0.5) is 34.5 Å². The zero-order valence-corrected chi connectivity index (χ0v) is 27.1. The summed E-state index contributed by atoms with van der Waals surface area (Å²) in [6.07, 6.45) is 5.52. The second kappa shape index (κ2) is 12.0. The molecule has 2 fully saturated rings. The fraction of sp³-hybridized carbons (Fsp3) is 0.406. The molecule has 0 radical (unpaired) electrons. The van der Waals surface area contributed by atoms with Crippen molar-refractivity contribution in [2.45, 2.75) is 25.3 Å². The molecule has 5 heterocycles. The molecular weight excluding hydrogens is 606 g/mol. The van der Waals surface area contributed by atoms with Gasteiger partial charge in [0.25, 0.3) is 0 Å². The maximum Gasteiger partial charge on any atom is 0.237 e. The van der Waals surface area contributed by atoms with Crippen LogP contribution in [0, 0.1) is 0 Å². The fourth-order valence-electron chi connectivity index (χ4n) is 6.83. The highest BCUT2D eigenvalue weighted by Gasteiger charge is 2.32. The molecule has 13 nitrogen and oxygen atoms in total. The summed E-state index contributed by atoms with van der Waals surface area (Å²) < 4.78 is 32.3. The maximum atomic E-state index is 12.6. The van der Waals surface area contributed by atoms with E-state index in [0.717, 1.165) is 67.1 Å². The minimum absolute atomic E-state index is 0.224. The van der Waals surface area contributed by atoms with Gasteiger partial charge >= 0.3 is 0 Å². The average molecular weight is 646 g/mol. The smallest absolute Gasteiger partial charge is 0.237 e. The molecule has 1 amide bonds. The first kappa shape index (κ1) is 30.1. The lowest BCUT2D eigenvalue weighted by Gasteiger charge is -2.42. The average Bonchev–Trinajstić information content (AvgIpc) is 3.70. The predicted octanol–water partition coefficient (Wildman–Crippen LogP) is 3.52. The number of para-hydroxylation sites is 1. The minimum atomic E-state index is -3.43. The number of hydrogen-bond acceptors (Lipinski definition) is 10. The van der Waals surface area contributed by atoms with Crippen LogP contribution < -0.4 is 24.6 Å². The van der Waals surface area contributed by atoms with Crippen molar-refractivity contribution in [1.82, 2.24) is 24.8 Å². The Morgan fingerprint density at radius 3 is 2.59 bits per heavy atom. The van der Waals surface area contributed by atoms with E-state index in [1.54, 1.807) is 13.3 Å². The molecule has 0 atom stereocenters. The molecule has 3 N–H and O–H groups in total. The number of benzene rings is 2. The number of nitrogens with one attached hydrogen (secondary N) is 3. The number of likely N-dealkylation sites (N-methyl/N-ethyl adjacent to an activating group) is 1. The van der Waals surface area contributed by atoms with E-state index in [-0.39, 0.29) is 11.9 Å². The number of H-pyrrole nitrogens is 1. The molecule has 3 aliphatic rings. The second-order valence-electron chi connectivity index (χ2n) is 12.2. The van der Waals surface area contributed by atoms with Crippen molar-refractivity contribution in [3.8, 4) is 5.75 Å². The van der Waals surface area contributed by atoms with Gasteiger partial charge in [-0.05, 0) is 56.1 Å². The Morgan fingerprint density at radius 2 is 1.83 bits per heavy atom. The molecule has 14 heteroatoms. The van der Waals surface area contributed by atoms with Gasteiger partial charge < -0.3 is 30.2 Å². The number of methoxy groups -OCH3 is 1. The van der Waals surface area contributed by atoms with Gasteiger partial charge in [0.15, 0.2) is 0 Å². The Labute approximate surface area is 268 Å². The van der Waals surface area contributed by atoms with E-state index >= 15 is 0 Å². The molecule has 0 saturated carbocycles. The maximum absolute atomic E-state index is 12.6. The molecule has 0 unspecified atom stereocenters. The van der Waals surface area contributed by atoms with Crippen LogP contribution in [-0.2, 0) is 21.2 Å². The number of ether oxygens (including phenoxy) is 1. The first-order valence-electron chi connectivity index (χ1n) is 15.6. The number of hydrogen-bond donors (Lipinski definition) is 3. The quantitative estimate of drug-likeness (QED) is 0.261. The Bertz CT molecular complexity index is 1890. The lowest BCUT2D eigenvalue weighted by atomic mass is 10.0. The predicted molar refractivity (Wildman–Crippen MR) is 180 cm³/mol. The van der Waals surface area contributed by atoms with Crippen LogP contribution >= 0.6 is 0 Å². The van der Waals surface area contributed by atoms with E-state index in [1.807, 2.05) is 49.5 Å². The second-order valence-corrected chi connectivity index (χ2v) is 14.1. The third-order valence-corrected chi connectivity index (χ3v) is 10.3. The number of carbonyl (C=O) groups is 1. The first-order valence-corrected chi connectivity index (χ1v) is 17.4. The summed E-state index contributed by atoms with van der Waals surface area (Å²) in [6, 6.07) is 13.9. The Balaban J connectivity index is 1.10. The van der Waals surface area contributed by atoms with Gasteiger partial charge in [-0.1, -0.05) is 12.1 Å². The molecule has 3 aliphatic heterocycles. The summed E-state index contributed by atoms with van der Waals surface area (Å²) in [5.74, 6) is 1.88. The third-order valence-electron chi connectivity index (χ3n) is 9.15. The zero-order chi connectivity index (χ0) is 32.0. The van der Waals surface area contributed by atoms with Crippen molar-refractivity contribution in [1.29, 1.82) is 0 Å². The van der Waals surface area contributed by atoms with Crippen LogP contribution in [0.5, 0.6) is 5.75 Å². The van der Waals surface area contributed by atoms with Crippen molar-refractivity contribution in [2.24, 2.45) is 0 Å². The topological polar surface area (TPSA) is 139 Å². The highest BCUT2D eigenvalue weighted by molar-refractivity contribution is 7.92. The number of amides is 1. The molecule has 242 valence electrons. The third kappa shape index (κ3) is 5.78. The number of sulfonamides is 1. The Hall–Kier alpha value is -4.56. The standard InChI is InChI=1S/C32H39N9O4S/c1-38-17-18-40(28(42)20-38)23-11-14-39(15-12-23)26-8-7-22(19-27(26)45-2)34-32-36-30-24(9-13-33-30)31(37-32)35-25-6-4-5-21-10-16-41(29(21)25)46(3,43)44/h4-9,13,19,23H,10-12,14-18,20H2,1-3H3,(H3,33,34,35,36,37). The van der Waals surface area contributed by atoms with Gasteiger partial charge in [-0.15, -0.1) is 0 Å². The van der Waals surface area contributed by atoms with E-state index in [4.69, 9.17) is 9.72 Å². The number of aromatic nitrogens is 3. The van der Waals surface area contributed by atoms with Crippen LogP contribution in [0.3, 0.4) is 0 Å². The van der Waals surface area contributed by atoms with Gasteiger partial charge in [-0.25, -0.2) is 8.42 Å². The van der Waals surface area contributed by atoms with Gasteiger partial charge in [0.05, 0.1) is 42.4 Å². The molecule has 2 saturated heterocycles. The summed E-state index contributed by atoms with van der Waals surface area (Å²) in [5.41, 5.74) is 4.70. The molecule has 7 rings (SSSR count). The van der Waals surface area contributed by atoms with Crippen LogP contribution in [-0.4, -0.2) is 105 Å². The van der Waals surface area contributed by atoms with Crippen molar-refractivity contribution in [2.75, 3.05) is 79.5 Å². The number of piperazine rings is 1. The monoisotopic (exact) mass is 645 g/mol. The van der Waals surface area contributed by atoms with E-state index in [9.17, 15) is 13.2 Å². The molecule has 4 aromatic rings. The van der Waals surface area contributed by atoms with Crippen molar-refractivity contribution < 1.29 is 17.9 Å². The zero-order valence-electron chi connectivity index (χ0n) is 26.3. The Morgan fingerprint density at radius 1 is 1.00 bits per heavy atom. The SMILES string of the molecule is COc1cc(Nc2nc(Nc3cccc4c3N(S(C)(=O)=O)CC4)c3cc[nH]c3n2)ccc1N1CCC(N2CCN(C)CC2=O)CC1. The number of aromatic amines is 1. The molecule has 0 bridgehead atoms. The molecular formula is C32H39N9O4S. The molecule has 0 spiro atoms. The summed E-state index contributed by atoms with van der Waals surface area (Å²) in [7, 11) is 0.229. The van der Waals surface area contributed by atoms with Crippen LogP contribution in [0.2, 0.25) is 0 Å². The lowest BCUT2D eigenvalue weighted by Crippen LogP contribution is -2.55. The molecule has 0 aliphatic carbocycles. The highest BCUT2D eigenvalue weighted by Crippen LogP contribution is 2.40. The Kier molecular flexibility index (Phi) is 7.85. The molecule has 2 aromatic heterocycles. The van der Waals surface area contributed by atoms with Gasteiger partial charge in [0, 0.05) is 56.7 Å². The van der Waals surface area contributed by atoms with Crippen LogP contribution in [0.1, 0.15) is 18.4 Å². The summed E-state index contributed by atoms with van der Waals surface area (Å²) in [5, 5.41) is 7.50. The number of anilines is 6. The minimum Gasteiger partial charge on any atom is -0.495 e. The summed E-state index contributed by atoms with van der Waals surface area (Å²) >= 11 is 0. The number of piperidine rings is 1. The lowest BCUT2D eigenvalue weighted by molar-refractivity contribution is -0.138. The van der Waals surface area contributed by atoms with E-state index in [0.29, 0.717) is 48.3 Å². The van der Waals surface area contributed by atoms with E-state index in [2.05, 4.69) is 35.3 Å². The van der Waals surface area contributed by atoms with Gasteiger partial charge in [-0.2, -0.15) is 9.97 Å². The van der Waals surface area contributed by atoms with Crippen LogP contribution in [0.25, 0.3) is 11.0 Å². The van der Waals surface area contributed by atoms with E-state index in [1.165, 1.54) is 10.6 Å². The largest absolute Gasteiger partial charge is 0.495 e. The normalized spacial score (nSPS) is 17.9. The number of nitrogens with zero attached hydrogens (tertiary/aromatic N) is 6. The van der Waals surface area contributed by atoms with Gasteiger partial charge in [0.2, 0.25) is 21.9 Å². The number of carbonyl (C=O) groups excluding carboxylic acids is 1. The molecule has 46 heavy (non-hydrogen) atoms. The fourth-order valence-corrected chi connectivity index (χ4v) is 7.80. The number of fused-ring (bicyclic) bond motifs is 2. The van der Waals surface area contributed by atoms with E-state index < -0.39 is 10.0 Å². The number of rotatable bonds is 8. The highest BCUT2D eigenvalue weighted by atomic mass is 32.2. The summed E-state index contributed by atoms with van der Waals surface area (Å²) in [6.45, 7) is 4.31. The van der Waals surface area contributed by atoms with Crippen molar-refractivity contribution >= 4 is 61.5 Å². The van der Waals surface area contributed by atoms with Crippen molar-refractivity contribution in [3.63, 3.8) is 0 Å². The van der Waals surface area contributed by atoms with Gasteiger partial charge in [0.1, 0.15) is 17.2 Å². The first-order chi connectivity index (χ1) is 22.2. The van der Waals surface area contributed by atoms with Gasteiger partial charge in [-0.3, -0.25) is 14.0 Å². The van der Waals surface area contributed by atoms with Crippen LogP contribution in [0.15, 0.2) is 48.7 Å².